The Bertz CT molecular complexity index is 531. The maximum atomic E-state index is 3.44. The topological polar surface area (TPSA) is 12.0 Å². The minimum absolute atomic E-state index is 0.533. The number of nitrogens with one attached hydrogen (secondary N) is 1. The second-order valence-corrected chi connectivity index (χ2v) is 6.44. The first kappa shape index (κ1) is 15.1. The lowest BCUT2D eigenvalue weighted by Crippen LogP contribution is -2.21. The van der Waals surface area contributed by atoms with E-state index in [-0.39, 0.29) is 0 Å². The molecule has 0 fully saturated rings. The maximum absolute atomic E-state index is 3.44. The molecular formula is C18H23NS. The summed E-state index contributed by atoms with van der Waals surface area (Å²) in [5.74, 6) is 1.04. The van der Waals surface area contributed by atoms with E-state index in [1.54, 1.807) is 0 Å². The summed E-state index contributed by atoms with van der Waals surface area (Å²) in [5, 5.41) is 3.44. The van der Waals surface area contributed by atoms with Crippen molar-refractivity contribution in [3.63, 3.8) is 0 Å². The summed E-state index contributed by atoms with van der Waals surface area (Å²) in [6, 6.07) is 18.0. The molecule has 0 saturated heterocycles. The smallest absolute Gasteiger partial charge is 0.0234 e. The summed E-state index contributed by atoms with van der Waals surface area (Å²) in [4.78, 5) is 1.33. The van der Waals surface area contributed by atoms with Crippen molar-refractivity contribution in [1.29, 1.82) is 0 Å². The average molecular weight is 285 g/mol. The largest absolute Gasteiger partial charge is 0.310 e. The van der Waals surface area contributed by atoms with Gasteiger partial charge in [0.05, 0.1) is 0 Å². The number of hydrogen-bond acceptors (Lipinski definition) is 2. The van der Waals surface area contributed by atoms with Crippen LogP contribution in [0.2, 0.25) is 0 Å². The molecule has 2 rings (SSSR count). The molecule has 0 aromatic heterocycles. The van der Waals surface area contributed by atoms with Crippen molar-refractivity contribution in [2.24, 2.45) is 0 Å². The maximum Gasteiger partial charge on any atom is 0.0234 e. The standard InChI is InChI=1S/C18H23NS/c1-14(2)19-12-16-8-10-18(11-9-16)20-13-17-7-5-4-6-15(17)3/h4-11,14,19H,12-13H2,1-3H3. The first-order chi connectivity index (χ1) is 9.65. The summed E-state index contributed by atoms with van der Waals surface area (Å²) >= 11 is 1.90. The molecule has 2 aromatic rings. The zero-order chi connectivity index (χ0) is 14.4. The molecule has 0 heterocycles. The van der Waals surface area contributed by atoms with Crippen LogP contribution in [0, 0.1) is 6.92 Å². The van der Waals surface area contributed by atoms with E-state index >= 15 is 0 Å². The van der Waals surface area contributed by atoms with Gasteiger partial charge >= 0.3 is 0 Å². The highest BCUT2D eigenvalue weighted by atomic mass is 32.2. The van der Waals surface area contributed by atoms with E-state index in [1.165, 1.54) is 21.6 Å². The molecule has 2 heteroatoms. The first-order valence-electron chi connectivity index (χ1n) is 7.15. The molecule has 0 radical (unpaired) electrons. The van der Waals surface area contributed by atoms with Crippen molar-refractivity contribution in [2.45, 2.75) is 44.0 Å². The molecule has 0 spiro atoms. The summed E-state index contributed by atoms with van der Waals surface area (Å²) in [6.07, 6.45) is 0. The van der Waals surface area contributed by atoms with Crippen LogP contribution in [-0.4, -0.2) is 6.04 Å². The van der Waals surface area contributed by atoms with Gasteiger partial charge < -0.3 is 5.32 Å². The first-order valence-corrected chi connectivity index (χ1v) is 8.13. The Morgan fingerprint density at radius 2 is 1.70 bits per heavy atom. The Kier molecular flexibility index (Phi) is 5.69. The third-order valence-corrected chi connectivity index (χ3v) is 4.35. The van der Waals surface area contributed by atoms with Crippen molar-refractivity contribution in [3.05, 3.63) is 65.2 Å². The van der Waals surface area contributed by atoms with E-state index in [2.05, 4.69) is 74.6 Å². The fourth-order valence-electron chi connectivity index (χ4n) is 1.96. The van der Waals surface area contributed by atoms with E-state index in [4.69, 9.17) is 0 Å². The lowest BCUT2D eigenvalue weighted by Gasteiger charge is -2.09. The van der Waals surface area contributed by atoms with Gasteiger partial charge in [-0.2, -0.15) is 0 Å². The molecule has 0 amide bonds. The quantitative estimate of drug-likeness (QED) is 0.766. The molecule has 0 saturated carbocycles. The Morgan fingerprint density at radius 3 is 2.35 bits per heavy atom. The third-order valence-electron chi connectivity index (χ3n) is 3.29. The second kappa shape index (κ2) is 7.51. The van der Waals surface area contributed by atoms with Crippen molar-refractivity contribution in [3.8, 4) is 0 Å². The van der Waals surface area contributed by atoms with Gasteiger partial charge in [0, 0.05) is 23.2 Å². The van der Waals surface area contributed by atoms with Gasteiger partial charge in [-0.15, -0.1) is 11.8 Å². The van der Waals surface area contributed by atoms with Crippen LogP contribution in [0.15, 0.2) is 53.4 Å². The second-order valence-electron chi connectivity index (χ2n) is 5.39. The summed E-state index contributed by atoms with van der Waals surface area (Å²) in [7, 11) is 0. The molecule has 0 atom stereocenters. The van der Waals surface area contributed by atoms with Crippen LogP contribution in [0.5, 0.6) is 0 Å². The van der Waals surface area contributed by atoms with Gasteiger partial charge in [-0.05, 0) is 35.7 Å². The van der Waals surface area contributed by atoms with Crippen molar-refractivity contribution in [2.75, 3.05) is 0 Å². The highest BCUT2D eigenvalue weighted by Crippen LogP contribution is 2.24. The monoisotopic (exact) mass is 285 g/mol. The van der Waals surface area contributed by atoms with Gasteiger partial charge in [-0.25, -0.2) is 0 Å². The average Bonchev–Trinajstić information content (AvgIpc) is 2.45. The molecule has 0 aliphatic carbocycles. The van der Waals surface area contributed by atoms with Crippen molar-refractivity contribution in [1.82, 2.24) is 5.32 Å². The molecule has 1 nitrogen and oxygen atoms in total. The molecule has 1 N–H and O–H groups in total. The van der Waals surface area contributed by atoms with E-state index in [0.717, 1.165) is 12.3 Å². The fraction of sp³-hybridized carbons (Fsp3) is 0.333. The minimum atomic E-state index is 0.533. The Hall–Kier alpha value is -1.25. The Labute approximate surface area is 126 Å². The van der Waals surface area contributed by atoms with Gasteiger partial charge in [0.25, 0.3) is 0 Å². The highest BCUT2D eigenvalue weighted by molar-refractivity contribution is 7.98. The zero-order valence-corrected chi connectivity index (χ0v) is 13.3. The van der Waals surface area contributed by atoms with E-state index in [9.17, 15) is 0 Å². The van der Waals surface area contributed by atoms with Crippen LogP contribution in [0.25, 0.3) is 0 Å². The van der Waals surface area contributed by atoms with Crippen LogP contribution in [0.4, 0.5) is 0 Å². The number of thioether (sulfide) groups is 1. The normalized spacial score (nSPS) is 11.0. The van der Waals surface area contributed by atoms with Crippen LogP contribution >= 0.6 is 11.8 Å². The lowest BCUT2D eigenvalue weighted by atomic mass is 10.1. The molecule has 2 aromatic carbocycles. The highest BCUT2D eigenvalue weighted by Gasteiger charge is 2.00. The predicted octanol–water partition coefficient (Wildman–Crippen LogP) is 4.79. The zero-order valence-electron chi connectivity index (χ0n) is 12.5. The Morgan fingerprint density at radius 1 is 1.00 bits per heavy atom. The summed E-state index contributed by atoms with van der Waals surface area (Å²) < 4.78 is 0. The Balaban J connectivity index is 1.89. The number of benzene rings is 2. The van der Waals surface area contributed by atoms with Crippen molar-refractivity contribution >= 4 is 11.8 Å². The van der Waals surface area contributed by atoms with Gasteiger partial charge in [0.1, 0.15) is 0 Å². The van der Waals surface area contributed by atoms with Gasteiger partial charge in [-0.1, -0.05) is 50.2 Å². The van der Waals surface area contributed by atoms with E-state index < -0.39 is 0 Å². The minimum Gasteiger partial charge on any atom is -0.310 e. The fourth-order valence-corrected chi connectivity index (χ4v) is 2.93. The molecule has 0 aliphatic heterocycles. The number of aryl methyl sites for hydroxylation is 1. The van der Waals surface area contributed by atoms with Gasteiger partial charge in [-0.3, -0.25) is 0 Å². The molecular weight excluding hydrogens is 262 g/mol. The number of rotatable bonds is 6. The molecule has 0 aliphatic rings. The summed E-state index contributed by atoms with van der Waals surface area (Å²) in [5.41, 5.74) is 4.14. The molecule has 106 valence electrons. The van der Waals surface area contributed by atoms with Crippen molar-refractivity contribution < 1.29 is 0 Å². The molecule has 0 bridgehead atoms. The van der Waals surface area contributed by atoms with Crippen LogP contribution in [0.1, 0.15) is 30.5 Å². The van der Waals surface area contributed by atoms with E-state index in [0.29, 0.717) is 6.04 Å². The van der Waals surface area contributed by atoms with E-state index in [1.807, 2.05) is 11.8 Å². The lowest BCUT2D eigenvalue weighted by molar-refractivity contribution is 0.588. The number of hydrogen-bond donors (Lipinski definition) is 1. The molecule has 20 heavy (non-hydrogen) atoms. The molecule has 0 unspecified atom stereocenters. The van der Waals surface area contributed by atoms with Gasteiger partial charge in [0.2, 0.25) is 0 Å². The van der Waals surface area contributed by atoms with Crippen LogP contribution in [-0.2, 0) is 12.3 Å². The SMILES string of the molecule is Cc1ccccc1CSc1ccc(CNC(C)C)cc1. The third kappa shape index (κ3) is 4.69. The predicted molar refractivity (Wildman–Crippen MR) is 89.2 cm³/mol. The van der Waals surface area contributed by atoms with Crippen LogP contribution < -0.4 is 5.32 Å². The van der Waals surface area contributed by atoms with Gasteiger partial charge in [0.15, 0.2) is 0 Å². The summed E-state index contributed by atoms with van der Waals surface area (Å²) in [6.45, 7) is 7.47. The van der Waals surface area contributed by atoms with Crippen LogP contribution in [0.3, 0.4) is 0 Å².